The minimum Gasteiger partial charge on any atom is -0.748 e. The second kappa shape index (κ2) is 8.47. The van der Waals surface area contributed by atoms with Crippen LogP contribution in [-0.2, 0) is 24.7 Å². The molecule has 0 bridgehead atoms. The first kappa shape index (κ1) is 21.6. The van der Waals surface area contributed by atoms with Crippen molar-refractivity contribution in [3.63, 3.8) is 0 Å². The van der Waals surface area contributed by atoms with E-state index in [1.807, 2.05) is 0 Å². The van der Waals surface area contributed by atoms with Crippen molar-refractivity contribution >= 4 is 41.8 Å². The van der Waals surface area contributed by atoms with Crippen LogP contribution in [0, 0.1) is 6.92 Å². The van der Waals surface area contributed by atoms with Gasteiger partial charge in [0.2, 0.25) is 5.91 Å². The topological polar surface area (TPSA) is 120 Å². The van der Waals surface area contributed by atoms with Gasteiger partial charge in [0.15, 0.2) is 14.0 Å². The van der Waals surface area contributed by atoms with Gasteiger partial charge in [0.1, 0.15) is 0 Å². The first-order valence-electron chi connectivity index (χ1n) is 5.70. The fourth-order valence-corrected chi connectivity index (χ4v) is 3.65. The summed E-state index contributed by atoms with van der Waals surface area (Å²) in [6.07, 6.45) is 0. The SMILES string of the molecule is Cc1ccc(S(=O)(=O)C(Br)C(=O)NCCS(=O)(=O)[O-])cc1.[Li+]. The normalized spacial score (nSPS) is 13.0. The van der Waals surface area contributed by atoms with Gasteiger partial charge < -0.3 is 9.87 Å². The fraction of sp³-hybridized carbons (Fsp3) is 0.364. The zero-order chi connectivity index (χ0) is 16.3. The quantitative estimate of drug-likeness (QED) is 0.309. The zero-order valence-corrected chi connectivity index (χ0v) is 15.2. The van der Waals surface area contributed by atoms with Crippen molar-refractivity contribution in [2.75, 3.05) is 12.3 Å². The average Bonchev–Trinajstić information content (AvgIpc) is 2.36. The second-order valence-corrected chi connectivity index (χ2v) is 9.31. The minimum atomic E-state index is -4.47. The largest absolute Gasteiger partial charge is 1.00 e. The van der Waals surface area contributed by atoms with E-state index in [-0.39, 0.29) is 23.8 Å². The molecule has 1 atom stereocenters. The van der Waals surface area contributed by atoms with E-state index in [1.54, 1.807) is 19.1 Å². The Morgan fingerprint density at radius 2 is 1.73 bits per heavy atom. The van der Waals surface area contributed by atoms with Crippen molar-refractivity contribution < 1.29 is 45.0 Å². The van der Waals surface area contributed by atoms with Gasteiger partial charge in [-0.05, 0) is 19.1 Å². The molecule has 1 amide bonds. The minimum absolute atomic E-state index is 0. The Labute approximate surface area is 149 Å². The van der Waals surface area contributed by atoms with Gasteiger partial charge in [0, 0.05) is 6.54 Å². The number of nitrogens with one attached hydrogen (secondary N) is 1. The molecule has 0 aliphatic carbocycles. The summed E-state index contributed by atoms with van der Waals surface area (Å²) >= 11 is 2.77. The number of carbonyl (C=O) groups is 1. The number of hydrogen-bond donors (Lipinski definition) is 1. The van der Waals surface area contributed by atoms with Crippen LogP contribution in [0.4, 0.5) is 0 Å². The summed E-state index contributed by atoms with van der Waals surface area (Å²) in [5, 5.41) is 2.08. The summed E-state index contributed by atoms with van der Waals surface area (Å²) < 4.78 is 53.9. The maximum atomic E-state index is 12.2. The third-order valence-corrected chi connectivity index (χ3v) is 6.76. The third-order valence-electron chi connectivity index (χ3n) is 2.48. The molecule has 0 aliphatic heterocycles. The maximum Gasteiger partial charge on any atom is 1.00 e. The Hall–Kier alpha value is -0.373. The van der Waals surface area contributed by atoms with Crippen molar-refractivity contribution in [3.05, 3.63) is 29.8 Å². The van der Waals surface area contributed by atoms with E-state index < -0.39 is 42.3 Å². The predicted octanol–water partition coefficient (Wildman–Crippen LogP) is -2.84. The van der Waals surface area contributed by atoms with Crippen molar-refractivity contribution in [2.45, 2.75) is 16.0 Å². The van der Waals surface area contributed by atoms with E-state index in [1.165, 1.54) is 12.1 Å². The number of amides is 1. The maximum absolute atomic E-state index is 12.2. The van der Waals surface area contributed by atoms with Crippen LogP contribution in [0.2, 0.25) is 0 Å². The van der Waals surface area contributed by atoms with Crippen LogP contribution >= 0.6 is 15.9 Å². The average molecular weight is 406 g/mol. The fourth-order valence-electron chi connectivity index (χ4n) is 1.37. The molecule has 0 aromatic heterocycles. The Morgan fingerprint density at radius 3 is 2.18 bits per heavy atom. The number of alkyl halides is 1. The molecular formula is C11H13BrLiNO6S2. The van der Waals surface area contributed by atoms with Crippen molar-refractivity contribution in [1.82, 2.24) is 5.32 Å². The van der Waals surface area contributed by atoms with Gasteiger partial charge in [-0.25, -0.2) is 16.8 Å². The Bertz CT molecular complexity index is 717. The summed E-state index contributed by atoms with van der Waals surface area (Å²) in [6.45, 7) is 1.34. The van der Waals surface area contributed by atoms with Crippen molar-refractivity contribution in [2.24, 2.45) is 0 Å². The Balaban J connectivity index is 0.00000441. The van der Waals surface area contributed by atoms with Gasteiger partial charge >= 0.3 is 18.9 Å². The Morgan fingerprint density at radius 1 is 1.23 bits per heavy atom. The molecule has 0 saturated carbocycles. The number of rotatable bonds is 6. The first-order valence-corrected chi connectivity index (χ1v) is 9.74. The second-order valence-electron chi connectivity index (χ2n) is 4.23. The monoisotopic (exact) mass is 405 g/mol. The van der Waals surface area contributed by atoms with Crippen LogP contribution in [0.5, 0.6) is 0 Å². The van der Waals surface area contributed by atoms with E-state index in [2.05, 4.69) is 21.2 Å². The molecule has 0 saturated heterocycles. The van der Waals surface area contributed by atoms with Crippen LogP contribution in [0.1, 0.15) is 5.56 Å². The first-order chi connectivity index (χ1) is 9.54. The molecule has 1 N–H and O–H groups in total. The molecular weight excluding hydrogens is 393 g/mol. The van der Waals surface area contributed by atoms with Gasteiger partial charge in [0.25, 0.3) is 0 Å². The third kappa shape index (κ3) is 6.40. The van der Waals surface area contributed by atoms with Gasteiger partial charge in [-0.2, -0.15) is 0 Å². The molecule has 1 aromatic carbocycles. The van der Waals surface area contributed by atoms with Crippen molar-refractivity contribution in [3.8, 4) is 0 Å². The molecule has 0 radical (unpaired) electrons. The summed E-state index contributed by atoms with van der Waals surface area (Å²) in [4.78, 5) is 11.6. The van der Waals surface area contributed by atoms with E-state index in [0.717, 1.165) is 5.56 Å². The van der Waals surface area contributed by atoms with Crippen LogP contribution in [0.15, 0.2) is 29.2 Å². The number of sulfone groups is 1. The number of hydrogen-bond acceptors (Lipinski definition) is 6. The van der Waals surface area contributed by atoms with Gasteiger partial charge in [0.05, 0.1) is 20.8 Å². The molecule has 0 heterocycles. The Kier molecular flexibility index (Phi) is 8.33. The smallest absolute Gasteiger partial charge is 0.748 e. The van der Waals surface area contributed by atoms with E-state index in [0.29, 0.717) is 0 Å². The molecule has 1 aromatic rings. The van der Waals surface area contributed by atoms with Crippen LogP contribution < -0.4 is 24.2 Å². The summed E-state index contributed by atoms with van der Waals surface area (Å²) in [7, 11) is -8.41. The summed E-state index contributed by atoms with van der Waals surface area (Å²) in [6, 6.07) is 5.92. The molecule has 0 fully saturated rings. The summed E-state index contributed by atoms with van der Waals surface area (Å²) in [5.41, 5.74) is 0.866. The van der Waals surface area contributed by atoms with Gasteiger partial charge in [-0.15, -0.1) is 0 Å². The van der Waals surface area contributed by atoms with Crippen LogP contribution in [0.3, 0.4) is 0 Å². The molecule has 1 unspecified atom stereocenters. The molecule has 0 aliphatic rings. The molecule has 22 heavy (non-hydrogen) atoms. The number of benzene rings is 1. The summed E-state index contributed by atoms with van der Waals surface area (Å²) in [5.74, 6) is -1.73. The van der Waals surface area contributed by atoms with Gasteiger partial charge in [-0.1, -0.05) is 33.6 Å². The zero-order valence-electron chi connectivity index (χ0n) is 11.9. The number of carbonyl (C=O) groups excluding carboxylic acids is 1. The van der Waals surface area contributed by atoms with E-state index in [9.17, 15) is 26.2 Å². The molecule has 1 rings (SSSR count). The predicted molar refractivity (Wildman–Crippen MR) is 78.7 cm³/mol. The van der Waals surface area contributed by atoms with Crippen LogP contribution in [-0.4, -0.2) is 43.8 Å². The number of halogens is 1. The molecule has 7 nitrogen and oxygen atoms in total. The standard InChI is InChI=1S/C11H14BrNO6S2.Li/c1-8-2-4-9(5-3-8)21(18,19)10(12)11(14)13-6-7-20(15,16)17;/h2-5,10H,6-7H2,1H3,(H,13,14)(H,15,16,17);/q;+1/p-1. The van der Waals surface area contributed by atoms with Crippen LogP contribution in [0.25, 0.3) is 0 Å². The molecule has 11 heteroatoms. The molecule has 0 spiro atoms. The number of aryl methyl sites for hydroxylation is 1. The van der Waals surface area contributed by atoms with E-state index in [4.69, 9.17) is 0 Å². The van der Waals surface area contributed by atoms with Gasteiger partial charge in [-0.3, -0.25) is 4.79 Å². The van der Waals surface area contributed by atoms with E-state index >= 15 is 0 Å². The van der Waals surface area contributed by atoms with Crippen molar-refractivity contribution in [1.29, 1.82) is 0 Å². The molecule has 118 valence electrons.